The Morgan fingerprint density at radius 3 is 2.54 bits per heavy atom. The number of benzene rings is 1. The van der Waals surface area contributed by atoms with Crippen LogP contribution in [0.15, 0.2) is 47.6 Å². The van der Waals surface area contributed by atoms with E-state index in [-0.39, 0.29) is 11.7 Å². The van der Waals surface area contributed by atoms with Crippen LogP contribution in [0.25, 0.3) is 0 Å². The van der Waals surface area contributed by atoms with E-state index >= 15 is 0 Å². The number of carbonyl (C=O) groups excluding carboxylic acids is 1. The van der Waals surface area contributed by atoms with Crippen LogP contribution in [-0.4, -0.2) is 23.8 Å². The van der Waals surface area contributed by atoms with Gasteiger partial charge in [0, 0.05) is 31.4 Å². The molecule has 0 fully saturated rings. The van der Waals surface area contributed by atoms with Gasteiger partial charge in [0.1, 0.15) is 5.84 Å². The SMILES string of the molecule is CN=C(NC(C)=O)c1ccc(C(F)(F)F)cc1CCCc1ccccn1. The second kappa shape index (κ2) is 8.60. The third-order valence-corrected chi connectivity index (χ3v) is 3.81. The minimum absolute atomic E-state index is 0.263. The average Bonchev–Trinajstić information content (AvgIpc) is 2.60. The number of hydrogen-bond donors (Lipinski definition) is 1. The highest BCUT2D eigenvalue weighted by Crippen LogP contribution is 2.31. The van der Waals surface area contributed by atoms with Crippen LogP contribution < -0.4 is 5.32 Å². The topological polar surface area (TPSA) is 54.4 Å². The number of amides is 1. The van der Waals surface area contributed by atoms with Crippen LogP contribution in [0.2, 0.25) is 0 Å². The maximum atomic E-state index is 13.1. The number of rotatable bonds is 5. The predicted molar refractivity (Wildman–Crippen MR) is 94.0 cm³/mol. The molecule has 0 radical (unpaired) electrons. The van der Waals surface area contributed by atoms with E-state index < -0.39 is 11.7 Å². The van der Waals surface area contributed by atoms with Crippen molar-refractivity contribution in [3.8, 4) is 0 Å². The number of nitrogens with zero attached hydrogens (tertiary/aromatic N) is 2. The van der Waals surface area contributed by atoms with Gasteiger partial charge in [-0.15, -0.1) is 0 Å². The summed E-state index contributed by atoms with van der Waals surface area (Å²) in [6.07, 6.45) is -1.05. The molecule has 0 atom stereocenters. The lowest BCUT2D eigenvalue weighted by atomic mass is 9.97. The van der Waals surface area contributed by atoms with Gasteiger partial charge in [0.2, 0.25) is 5.91 Å². The number of aliphatic imine (C=N–C) groups is 1. The summed E-state index contributed by atoms with van der Waals surface area (Å²) >= 11 is 0. The quantitative estimate of drug-likeness (QED) is 0.649. The first-order chi connectivity index (χ1) is 12.3. The summed E-state index contributed by atoms with van der Waals surface area (Å²) in [7, 11) is 1.49. The van der Waals surface area contributed by atoms with Crippen molar-refractivity contribution in [1.82, 2.24) is 10.3 Å². The minimum Gasteiger partial charge on any atom is -0.311 e. The number of carbonyl (C=O) groups is 1. The smallest absolute Gasteiger partial charge is 0.311 e. The zero-order chi connectivity index (χ0) is 19.2. The van der Waals surface area contributed by atoms with Gasteiger partial charge < -0.3 is 5.32 Å². The number of nitrogens with one attached hydrogen (secondary N) is 1. The number of aromatic nitrogens is 1. The molecule has 1 aromatic carbocycles. The van der Waals surface area contributed by atoms with E-state index in [1.165, 1.54) is 20.0 Å². The highest BCUT2D eigenvalue weighted by Gasteiger charge is 2.31. The number of hydrogen-bond acceptors (Lipinski definition) is 3. The van der Waals surface area contributed by atoms with Gasteiger partial charge in [-0.05, 0) is 49.1 Å². The van der Waals surface area contributed by atoms with E-state index in [9.17, 15) is 18.0 Å². The molecule has 0 spiro atoms. The molecule has 0 aliphatic carbocycles. The molecule has 4 nitrogen and oxygen atoms in total. The Labute approximate surface area is 150 Å². The summed E-state index contributed by atoms with van der Waals surface area (Å²) in [6, 6.07) is 9.05. The molecule has 0 bridgehead atoms. The molecular formula is C19H20F3N3O. The first-order valence-corrected chi connectivity index (χ1v) is 8.16. The van der Waals surface area contributed by atoms with Crippen LogP contribution >= 0.6 is 0 Å². The number of alkyl halides is 3. The Kier molecular flexibility index (Phi) is 6.49. The van der Waals surface area contributed by atoms with Crippen LogP contribution in [0.1, 0.15) is 35.7 Å². The Morgan fingerprint density at radius 2 is 1.96 bits per heavy atom. The highest BCUT2D eigenvalue weighted by molar-refractivity contribution is 6.08. The zero-order valence-electron chi connectivity index (χ0n) is 14.6. The van der Waals surface area contributed by atoms with Gasteiger partial charge in [-0.1, -0.05) is 12.1 Å². The van der Waals surface area contributed by atoms with Crippen LogP contribution in [0, 0.1) is 0 Å². The fourth-order valence-corrected chi connectivity index (χ4v) is 2.62. The molecule has 2 aromatic rings. The largest absolute Gasteiger partial charge is 0.416 e. The molecule has 0 aliphatic rings. The highest BCUT2D eigenvalue weighted by atomic mass is 19.4. The zero-order valence-corrected chi connectivity index (χ0v) is 14.6. The fourth-order valence-electron chi connectivity index (χ4n) is 2.62. The molecule has 138 valence electrons. The fraction of sp³-hybridized carbons (Fsp3) is 0.316. The molecule has 0 saturated carbocycles. The van der Waals surface area contributed by atoms with Crippen molar-refractivity contribution in [2.75, 3.05) is 7.05 Å². The van der Waals surface area contributed by atoms with Gasteiger partial charge in [0.15, 0.2) is 0 Å². The molecule has 1 heterocycles. The summed E-state index contributed by atoms with van der Waals surface area (Å²) in [5.41, 5.74) is 1.15. The molecule has 1 amide bonds. The second-order valence-electron chi connectivity index (χ2n) is 5.80. The van der Waals surface area contributed by atoms with E-state index in [0.29, 0.717) is 30.4 Å². The molecule has 1 aromatic heterocycles. The van der Waals surface area contributed by atoms with Crippen LogP contribution in [0.5, 0.6) is 0 Å². The van der Waals surface area contributed by atoms with Gasteiger partial charge in [0.05, 0.1) is 5.56 Å². The minimum atomic E-state index is -4.42. The predicted octanol–water partition coefficient (Wildman–Crippen LogP) is 3.79. The number of pyridine rings is 1. The number of amidine groups is 1. The third kappa shape index (κ3) is 5.40. The van der Waals surface area contributed by atoms with Crippen LogP contribution in [0.4, 0.5) is 13.2 Å². The van der Waals surface area contributed by atoms with Crippen molar-refractivity contribution >= 4 is 11.7 Å². The standard InChI is InChI=1S/C19H20F3N3O/c1-13(26)25-18(23-2)17-10-9-15(19(20,21)22)12-14(17)6-5-8-16-7-3-4-11-24-16/h3-4,7,9-12H,5-6,8H2,1-2H3,(H,23,25,26). The summed E-state index contributed by atoms with van der Waals surface area (Å²) < 4.78 is 39.2. The molecule has 0 unspecified atom stereocenters. The van der Waals surface area contributed by atoms with Crippen molar-refractivity contribution < 1.29 is 18.0 Å². The van der Waals surface area contributed by atoms with Gasteiger partial charge in [-0.2, -0.15) is 13.2 Å². The molecule has 0 aliphatic heterocycles. The monoisotopic (exact) mass is 363 g/mol. The first-order valence-electron chi connectivity index (χ1n) is 8.16. The average molecular weight is 363 g/mol. The number of aryl methyl sites for hydroxylation is 2. The van der Waals surface area contributed by atoms with E-state index in [0.717, 1.165) is 17.8 Å². The normalized spacial score (nSPS) is 12.1. The molecule has 26 heavy (non-hydrogen) atoms. The van der Waals surface area contributed by atoms with Crippen molar-refractivity contribution in [3.05, 3.63) is 65.0 Å². The Morgan fingerprint density at radius 1 is 1.19 bits per heavy atom. The summed E-state index contributed by atoms with van der Waals surface area (Å²) in [4.78, 5) is 19.6. The lowest BCUT2D eigenvalue weighted by molar-refractivity contribution is -0.137. The van der Waals surface area contributed by atoms with Crippen molar-refractivity contribution in [1.29, 1.82) is 0 Å². The van der Waals surface area contributed by atoms with Crippen molar-refractivity contribution in [2.45, 2.75) is 32.4 Å². The van der Waals surface area contributed by atoms with E-state index in [4.69, 9.17) is 0 Å². The molecule has 2 rings (SSSR count). The maximum Gasteiger partial charge on any atom is 0.416 e. The van der Waals surface area contributed by atoms with Crippen molar-refractivity contribution in [3.63, 3.8) is 0 Å². The first kappa shape index (κ1) is 19.6. The van der Waals surface area contributed by atoms with E-state index in [1.54, 1.807) is 6.20 Å². The second-order valence-corrected chi connectivity index (χ2v) is 5.80. The van der Waals surface area contributed by atoms with Crippen LogP contribution in [-0.2, 0) is 23.8 Å². The van der Waals surface area contributed by atoms with Gasteiger partial charge in [-0.25, -0.2) is 0 Å². The molecule has 7 heteroatoms. The molecule has 0 saturated heterocycles. The van der Waals surface area contributed by atoms with Gasteiger partial charge >= 0.3 is 6.18 Å². The Hall–Kier alpha value is -2.70. The lowest BCUT2D eigenvalue weighted by Gasteiger charge is -2.15. The van der Waals surface area contributed by atoms with Gasteiger partial charge in [0.25, 0.3) is 0 Å². The van der Waals surface area contributed by atoms with Crippen LogP contribution in [0.3, 0.4) is 0 Å². The number of halogens is 3. The summed E-state index contributed by atoms with van der Waals surface area (Å²) in [5.74, 6) is -0.0657. The lowest BCUT2D eigenvalue weighted by Crippen LogP contribution is -2.30. The van der Waals surface area contributed by atoms with E-state index in [2.05, 4.69) is 15.3 Å². The summed E-state index contributed by atoms with van der Waals surface area (Å²) in [5, 5.41) is 2.57. The van der Waals surface area contributed by atoms with Crippen molar-refractivity contribution in [2.24, 2.45) is 4.99 Å². The van der Waals surface area contributed by atoms with E-state index in [1.807, 2.05) is 18.2 Å². The summed E-state index contributed by atoms with van der Waals surface area (Å²) in [6.45, 7) is 1.33. The molecule has 1 N–H and O–H groups in total. The Balaban J connectivity index is 2.28. The Bertz CT molecular complexity index is 786. The maximum absolute atomic E-state index is 13.1. The van der Waals surface area contributed by atoms with Gasteiger partial charge in [-0.3, -0.25) is 14.8 Å². The molecular weight excluding hydrogens is 343 g/mol. The third-order valence-electron chi connectivity index (χ3n) is 3.81.